The Labute approximate surface area is 185 Å². The first-order valence-corrected chi connectivity index (χ1v) is 10.1. The van der Waals surface area contributed by atoms with Gasteiger partial charge in [0, 0.05) is 6.42 Å². The van der Waals surface area contributed by atoms with Crippen molar-refractivity contribution >= 4 is 17.6 Å². The van der Waals surface area contributed by atoms with Gasteiger partial charge in [0.25, 0.3) is 5.91 Å². The van der Waals surface area contributed by atoms with E-state index in [0.29, 0.717) is 12.2 Å². The standard InChI is InChI=1S/C25H22N2O5/c1-31-21-12-10-18(11-13-21)23-15-22(17-6-3-2-4-7-17)26-27(23)24(29)16-32-25(30)19-8-5-9-20(28)14-19/h2-14,23,28H,15-16H2,1H3/t23-/m1/s1. The molecule has 3 aromatic carbocycles. The zero-order valence-electron chi connectivity index (χ0n) is 17.5. The summed E-state index contributed by atoms with van der Waals surface area (Å²) >= 11 is 0. The minimum atomic E-state index is -0.693. The third-order valence-electron chi connectivity index (χ3n) is 5.18. The van der Waals surface area contributed by atoms with Crippen molar-refractivity contribution in [2.75, 3.05) is 13.7 Å². The summed E-state index contributed by atoms with van der Waals surface area (Å²) < 4.78 is 10.4. The first-order chi connectivity index (χ1) is 15.5. The molecule has 1 amide bonds. The van der Waals surface area contributed by atoms with Gasteiger partial charge in [-0.3, -0.25) is 4.79 Å². The summed E-state index contributed by atoms with van der Waals surface area (Å²) in [6, 6.07) is 22.5. The second kappa shape index (κ2) is 9.34. The zero-order valence-corrected chi connectivity index (χ0v) is 17.5. The van der Waals surface area contributed by atoms with Crippen LogP contribution in [0.15, 0.2) is 84.0 Å². The van der Waals surface area contributed by atoms with Gasteiger partial charge in [-0.25, -0.2) is 9.80 Å². The number of rotatable bonds is 6. The molecule has 3 aromatic rings. The van der Waals surface area contributed by atoms with Gasteiger partial charge in [0.15, 0.2) is 6.61 Å². The molecule has 162 valence electrons. The number of methoxy groups -OCH3 is 1. The number of carbonyl (C=O) groups is 2. The molecule has 0 saturated carbocycles. The summed E-state index contributed by atoms with van der Waals surface area (Å²) in [5.41, 5.74) is 2.77. The molecule has 0 spiro atoms. The Kier molecular flexibility index (Phi) is 6.17. The molecule has 1 N–H and O–H groups in total. The number of amides is 1. The van der Waals surface area contributed by atoms with Gasteiger partial charge < -0.3 is 14.6 Å². The van der Waals surface area contributed by atoms with E-state index in [0.717, 1.165) is 16.8 Å². The van der Waals surface area contributed by atoms with Crippen LogP contribution in [0.2, 0.25) is 0 Å². The number of phenolic OH excluding ortho intramolecular Hbond substituents is 1. The van der Waals surface area contributed by atoms with Crippen LogP contribution in [-0.4, -0.2) is 41.4 Å². The van der Waals surface area contributed by atoms with Crippen LogP contribution in [0.3, 0.4) is 0 Å². The fraction of sp³-hybridized carbons (Fsp3) is 0.160. The number of ether oxygens (including phenoxy) is 2. The van der Waals surface area contributed by atoms with E-state index in [9.17, 15) is 14.7 Å². The molecule has 0 radical (unpaired) electrons. The second-order valence-electron chi connectivity index (χ2n) is 7.27. The molecule has 7 nitrogen and oxygen atoms in total. The number of phenols is 1. The van der Waals surface area contributed by atoms with Crippen LogP contribution in [0.4, 0.5) is 0 Å². The Bertz CT molecular complexity index is 1140. The SMILES string of the molecule is COc1ccc([C@H]2CC(c3ccccc3)=NN2C(=O)COC(=O)c2cccc(O)c2)cc1. The predicted molar refractivity (Wildman–Crippen MR) is 119 cm³/mol. The van der Waals surface area contributed by atoms with E-state index in [1.807, 2.05) is 54.6 Å². The van der Waals surface area contributed by atoms with Crippen LogP contribution >= 0.6 is 0 Å². The normalized spacial score (nSPS) is 15.2. The molecule has 1 aliphatic rings. The molecule has 0 aliphatic carbocycles. The molecule has 1 aliphatic heterocycles. The van der Waals surface area contributed by atoms with Crippen LogP contribution in [0, 0.1) is 0 Å². The van der Waals surface area contributed by atoms with Gasteiger partial charge in [0.05, 0.1) is 24.4 Å². The fourth-order valence-electron chi connectivity index (χ4n) is 3.54. The molecule has 1 atom stereocenters. The summed E-state index contributed by atoms with van der Waals surface area (Å²) in [6.07, 6.45) is 0.530. The predicted octanol–water partition coefficient (Wildman–Crippen LogP) is 3.94. The second-order valence-corrected chi connectivity index (χ2v) is 7.27. The molecule has 1 heterocycles. The minimum Gasteiger partial charge on any atom is -0.508 e. The monoisotopic (exact) mass is 430 g/mol. The number of benzene rings is 3. The van der Waals surface area contributed by atoms with Crippen molar-refractivity contribution in [1.82, 2.24) is 5.01 Å². The highest BCUT2D eigenvalue weighted by molar-refractivity contribution is 6.03. The Hall–Kier alpha value is -4.13. The van der Waals surface area contributed by atoms with Crippen LogP contribution in [0.5, 0.6) is 11.5 Å². The largest absolute Gasteiger partial charge is 0.508 e. The van der Waals surface area contributed by atoms with E-state index < -0.39 is 18.5 Å². The van der Waals surface area contributed by atoms with Gasteiger partial charge in [-0.15, -0.1) is 0 Å². The maximum atomic E-state index is 13.0. The Morgan fingerprint density at radius 3 is 2.47 bits per heavy atom. The van der Waals surface area contributed by atoms with Gasteiger partial charge in [-0.05, 0) is 41.5 Å². The van der Waals surface area contributed by atoms with E-state index in [2.05, 4.69) is 5.10 Å². The summed E-state index contributed by atoms with van der Waals surface area (Å²) in [7, 11) is 1.60. The van der Waals surface area contributed by atoms with Crippen molar-refractivity contribution in [3.05, 3.63) is 95.6 Å². The first-order valence-electron chi connectivity index (χ1n) is 10.1. The minimum absolute atomic E-state index is 0.0537. The zero-order chi connectivity index (χ0) is 22.5. The lowest BCUT2D eigenvalue weighted by molar-refractivity contribution is -0.136. The lowest BCUT2D eigenvalue weighted by Crippen LogP contribution is -2.31. The smallest absolute Gasteiger partial charge is 0.338 e. The number of nitrogens with zero attached hydrogens (tertiary/aromatic N) is 2. The van der Waals surface area contributed by atoms with Crippen molar-refractivity contribution in [3.8, 4) is 11.5 Å². The number of hydrogen-bond acceptors (Lipinski definition) is 6. The number of carbonyl (C=O) groups excluding carboxylic acids is 2. The fourth-order valence-corrected chi connectivity index (χ4v) is 3.54. The molecule has 7 heteroatoms. The summed E-state index contributed by atoms with van der Waals surface area (Å²) in [5, 5.41) is 15.5. The number of aromatic hydroxyl groups is 1. The summed E-state index contributed by atoms with van der Waals surface area (Å²) in [5.74, 6) is -0.470. The first kappa shape index (κ1) is 21.1. The lowest BCUT2D eigenvalue weighted by atomic mass is 9.98. The Balaban J connectivity index is 1.54. The van der Waals surface area contributed by atoms with Crippen LogP contribution in [0.25, 0.3) is 0 Å². The van der Waals surface area contributed by atoms with Gasteiger partial charge in [-0.2, -0.15) is 5.10 Å². The molecule has 4 rings (SSSR count). The van der Waals surface area contributed by atoms with Crippen LogP contribution in [0.1, 0.15) is 33.9 Å². The average molecular weight is 430 g/mol. The molecule has 32 heavy (non-hydrogen) atoms. The average Bonchev–Trinajstić information content (AvgIpc) is 3.28. The third-order valence-corrected chi connectivity index (χ3v) is 5.18. The van der Waals surface area contributed by atoms with Crippen molar-refractivity contribution in [3.63, 3.8) is 0 Å². The Morgan fingerprint density at radius 2 is 1.78 bits per heavy atom. The molecule has 0 fully saturated rings. The molecule has 0 bridgehead atoms. The lowest BCUT2D eigenvalue weighted by Gasteiger charge is -2.22. The maximum Gasteiger partial charge on any atom is 0.338 e. The van der Waals surface area contributed by atoms with Gasteiger partial charge >= 0.3 is 5.97 Å². The number of esters is 1. The van der Waals surface area contributed by atoms with Crippen molar-refractivity contribution in [1.29, 1.82) is 0 Å². The number of hydrazone groups is 1. The van der Waals surface area contributed by atoms with E-state index in [1.54, 1.807) is 7.11 Å². The van der Waals surface area contributed by atoms with Crippen molar-refractivity contribution < 1.29 is 24.2 Å². The summed E-state index contributed by atoms with van der Waals surface area (Å²) in [4.78, 5) is 25.3. The van der Waals surface area contributed by atoms with E-state index >= 15 is 0 Å². The van der Waals surface area contributed by atoms with Crippen molar-refractivity contribution in [2.45, 2.75) is 12.5 Å². The quantitative estimate of drug-likeness (QED) is 0.599. The molecule has 0 saturated heterocycles. The van der Waals surface area contributed by atoms with Crippen LogP contribution in [-0.2, 0) is 9.53 Å². The van der Waals surface area contributed by atoms with Crippen molar-refractivity contribution in [2.24, 2.45) is 5.10 Å². The third kappa shape index (κ3) is 4.62. The Morgan fingerprint density at radius 1 is 1.03 bits per heavy atom. The van der Waals surface area contributed by atoms with Crippen LogP contribution < -0.4 is 4.74 Å². The molecular weight excluding hydrogens is 408 g/mol. The van der Waals surface area contributed by atoms with Gasteiger partial charge in [0.1, 0.15) is 11.5 Å². The highest BCUT2D eigenvalue weighted by Gasteiger charge is 2.33. The highest BCUT2D eigenvalue weighted by Crippen LogP contribution is 2.33. The molecular formula is C25H22N2O5. The molecule has 0 unspecified atom stereocenters. The van der Waals surface area contributed by atoms with E-state index in [-0.39, 0.29) is 17.4 Å². The van der Waals surface area contributed by atoms with Gasteiger partial charge in [-0.1, -0.05) is 48.5 Å². The van der Waals surface area contributed by atoms with E-state index in [4.69, 9.17) is 9.47 Å². The van der Waals surface area contributed by atoms with Gasteiger partial charge in [0.2, 0.25) is 0 Å². The highest BCUT2D eigenvalue weighted by atomic mass is 16.5. The summed E-state index contributed by atoms with van der Waals surface area (Å²) in [6.45, 7) is -0.466. The number of hydrogen-bond donors (Lipinski definition) is 1. The topological polar surface area (TPSA) is 88.4 Å². The molecule has 0 aromatic heterocycles. The van der Waals surface area contributed by atoms with E-state index in [1.165, 1.54) is 29.3 Å². The maximum absolute atomic E-state index is 13.0.